The molecule has 3 aromatic heterocycles. The van der Waals surface area contributed by atoms with Crippen molar-refractivity contribution < 1.29 is 4.79 Å². The van der Waals surface area contributed by atoms with Crippen molar-refractivity contribution in [1.29, 1.82) is 0 Å². The molecule has 0 spiro atoms. The predicted molar refractivity (Wildman–Crippen MR) is 80.2 cm³/mol. The van der Waals surface area contributed by atoms with E-state index in [1.807, 2.05) is 25.3 Å². The molecule has 0 saturated heterocycles. The number of fused-ring (bicyclic) bond motifs is 1. The zero-order valence-electron chi connectivity index (χ0n) is 10.7. The van der Waals surface area contributed by atoms with Gasteiger partial charge in [-0.2, -0.15) is 0 Å². The van der Waals surface area contributed by atoms with E-state index in [9.17, 15) is 4.79 Å². The SMILES string of the molecule is Cc1nnc(NC(=O)c2c(C)nc3ccc(Br)cn23)s1. The van der Waals surface area contributed by atoms with E-state index in [2.05, 4.69) is 36.4 Å². The van der Waals surface area contributed by atoms with Gasteiger partial charge in [-0.15, -0.1) is 10.2 Å². The van der Waals surface area contributed by atoms with Gasteiger partial charge < -0.3 is 0 Å². The van der Waals surface area contributed by atoms with Crippen LogP contribution in [0.25, 0.3) is 5.65 Å². The molecule has 8 heteroatoms. The van der Waals surface area contributed by atoms with Gasteiger partial charge >= 0.3 is 0 Å². The Morgan fingerprint density at radius 3 is 2.85 bits per heavy atom. The largest absolute Gasteiger partial charge is 0.295 e. The Hall–Kier alpha value is -1.80. The minimum Gasteiger partial charge on any atom is -0.295 e. The number of nitrogens with zero attached hydrogens (tertiary/aromatic N) is 4. The van der Waals surface area contributed by atoms with Gasteiger partial charge in [0.1, 0.15) is 16.3 Å². The number of rotatable bonds is 2. The summed E-state index contributed by atoms with van der Waals surface area (Å²) in [7, 11) is 0. The lowest BCUT2D eigenvalue weighted by molar-refractivity contribution is 0.102. The van der Waals surface area contributed by atoms with Crippen LogP contribution in [0.1, 0.15) is 21.2 Å². The molecular weight excluding hydrogens is 342 g/mol. The number of nitrogens with one attached hydrogen (secondary N) is 1. The highest BCUT2D eigenvalue weighted by Crippen LogP contribution is 2.19. The van der Waals surface area contributed by atoms with Crippen molar-refractivity contribution >= 4 is 44.0 Å². The average Bonchev–Trinajstić information content (AvgIpc) is 2.91. The number of carbonyl (C=O) groups is 1. The Morgan fingerprint density at radius 2 is 2.15 bits per heavy atom. The lowest BCUT2D eigenvalue weighted by atomic mass is 10.3. The maximum Gasteiger partial charge on any atom is 0.276 e. The Balaban J connectivity index is 2.02. The lowest BCUT2D eigenvalue weighted by Gasteiger charge is -2.03. The topological polar surface area (TPSA) is 72.2 Å². The first-order valence-corrected chi connectivity index (χ1v) is 7.41. The smallest absolute Gasteiger partial charge is 0.276 e. The fourth-order valence-electron chi connectivity index (χ4n) is 1.91. The summed E-state index contributed by atoms with van der Waals surface area (Å²) in [6.45, 7) is 3.64. The molecule has 6 nitrogen and oxygen atoms in total. The van der Waals surface area contributed by atoms with Gasteiger partial charge in [-0.1, -0.05) is 11.3 Å². The second kappa shape index (κ2) is 4.95. The molecule has 0 aliphatic rings. The molecular formula is C12H10BrN5OS. The highest BCUT2D eigenvalue weighted by atomic mass is 79.9. The van der Waals surface area contributed by atoms with Crippen LogP contribution in [0.3, 0.4) is 0 Å². The summed E-state index contributed by atoms with van der Waals surface area (Å²) in [5.41, 5.74) is 1.89. The van der Waals surface area contributed by atoms with Crippen molar-refractivity contribution in [2.45, 2.75) is 13.8 Å². The normalized spacial score (nSPS) is 10.9. The molecule has 3 heterocycles. The van der Waals surface area contributed by atoms with Gasteiger partial charge in [0, 0.05) is 10.7 Å². The molecule has 3 aromatic rings. The van der Waals surface area contributed by atoms with Gasteiger partial charge in [-0.3, -0.25) is 14.5 Å². The first-order chi connectivity index (χ1) is 9.54. The van der Waals surface area contributed by atoms with Crippen LogP contribution in [0.4, 0.5) is 5.13 Å². The average molecular weight is 352 g/mol. The van der Waals surface area contributed by atoms with Crippen molar-refractivity contribution in [3.63, 3.8) is 0 Å². The van der Waals surface area contributed by atoms with E-state index in [1.165, 1.54) is 11.3 Å². The summed E-state index contributed by atoms with van der Waals surface area (Å²) in [5, 5.41) is 11.8. The minimum absolute atomic E-state index is 0.246. The van der Waals surface area contributed by atoms with Crippen LogP contribution in [0.2, 0.25) is 0 Å². The first kappa shape index (κ1) is 13.2. The molecule has 0 saturated carbocycles. The lowest BCUT2D eigenvalue weighted by Crippen LogP contribution is -2.15. The van der Waals surface area contributed by atoms with E-state index < -0.39 is 0 Å². The van der Waals surface area contributed by atoms with E-state index in [1.54, 1.807) is 11.3 Å². The van der Waals surface area contributed by atoms with Gasteiger partial charge in [0.25, 0.3) is 5.91 Å². The predicted octanol–water partition coefficient (Wildman–Crippen LogP) is 2.82. The third-order valence-electron chi connectivity index (χ3n) is 2.72. The Labute approximate surface area is 127 Å². The number of aromatic nitrogens is 4. The molecule has 0 unspecified atom stereocenters. The number of hydrogen-bond acceptors (Lipinski definition) is 5. The van der Waals surface area contributed by atoms with Gasteiger partial charge in [0.05, 0.1) is 5.69 Å². The molecule has 3 rings (SSSR count). The van der Waals surface area contributed by atoms with Gasteiger partial charge in [-0.25, -0.2) is 4.98 Å². The second-order valence-electron chi connectivity index (χ2n) is 4.20. The third kappa shape index (κ3) is 2.32. The van der Waals surface area contributed by atoms with Crippen LogP contribution in [-0.4, -0.2) is 25.5 Å². The van der Waals surface area contributed by atoms with E-state index in [-0.39, 0.29) is 5.91 Å². The van der Waals surface area contributed by atoms with Crippen molar-refractivity contribution in [1.82, 2.24) is 19.6 Å². The van der Waals surface area contributed by atoms with Crippen LogP contribution >= 0.6 is 27.3 Å². The van der Waals surface area contributed by atoms with Gasteiger partial charge in [0.2, 0.25) is 5.13 Å². The number of anilines is 1. The zero-order chi connectivity index (χ0) is 14.3. The summed E-state index contributed by atoms with van der Waals surface area (Å²) in [5.74, 6) is -0.246. The molecule has 0 bridgehead atoms. The summed E-state index contributed by atoms with van der Waals surface area (Å²) < 4.78 is 2.63. The Kier molecular flexibility index (Phi) is 3.27. The summed E-state index contributed by atoms with van der Waals surface area (Å²) in [4.78, 5) is 16.8. The van der Waals surface area contributed by atoms with Crippen molar-refractivity contribution in [2.75, 3.05) is 5.32 Å². The van der Waals surface area contributed by atoms with Crippen molar-refractivity contribution in [3.05, 3.63) is 39.2 Å². The molecule has 0 aromatic carbocycles. The maximum atomic E-state index is 12.4. The van der Waals surface area contributed by atoms with E-state index in [4.69, 9.17) is 0 Å². The molecule has 0 aliphatic carbocycles. The molecule has 0 fully saturated rings. The van der Waals surface area contributed by atoms with Crippen molar-refractivity contribution in [2.24, 2.45) is 0 Å². The molecule has 1 amide bonds. The number of halogens is 1. The van der Waals surface area contributed by atoms with Crippen LogP contribution in [-0.2, 0) is 0 Å². The standard InChI is InChI=1S/C12H10BrN5OS/c1-6-10(11(19)15-12-17-16-7(2)20-12)18-5-8(13)3-4-9(18)14-6/h3-5H,1-2H3,(H,15,17,19). The quantitative estimate of drug-likeness (QED) is 0.770. The monoisotopic (exact) mass is 351 g/mol. The fraction of sp³-hybridized carbons (Fsp3) is 0.167. The van der Waals surface area contributed by atoms with E-state index >= 15 is 0 Å². The number of pyridine rings is 1. The molecule has 102 valence electrons. The van der Waals surface area contributed by atoms with Crippen LogP contribution < -0.4 is 5.32 Å². The highest BCUT2D eigenvalue weighted by Gasteiger charge is 2.18. The Bertz CT molecular complexity index is 809. The van der Waals surface area contributed by atoms with Crippen LogP contribution in [0.5, 0.6) is 0 Å². The molecule has 20 heavy (non-hydrogen) atoms. The van der Waals surface area contributed by atoms with Crippen LogP contribution in [0, 0.1) is 13.8 Å². The summed E-state index contributed by atoms with van der Waals surface area (Å²) in [6, 6.07) is 3.74. The Morgan fingerprint density at radius 1 is 1.35 bits per heavy atom. The van der Waals surface area contributed by atoms with E-state index in [0.717, 1.165) is 15.1 Å². The molecule has 0 radical (unpaired) electrons. The van der Waals surface area contributed by atoms with E-state index in [0.29, 0.717) is 16.5 Å². The fourth-order valence-corrected chi connectivity index (χ4v) is 2.84. The minimum atomic E-state index is -0.246. The van der Waals surface area contributed by atoms with Gasteiger partial charge in [-0.05, 0) is 41.9 Å². The number of carbonyl (C=O) groups excluding carboxylic acids is 1. The molecule has 0 atom stereocenters. The second-order valence-corrected chi connectivity index (χ2v) is 6.30. The molecule has 0 aliphatic heterocycles. The highest BCUT2D eigenvalue weighted by molar-refractivity contribution is 9.10. The number of hydrogen-bond donors (Lipinski definition) is 1. The van der Waals surface area contributed by atoms with Crippen molar-refractivity contribution in [3.8, 4) is 0 Å². The summed E-state index contributed by atoms with van der Waals surface area (Å²) >= 11 is 4.73. The number of imidazole rings is 1. The summed E-state index contributed by atoms with van der Waals surface area (Å²) in [6.07, 6.45) is 1.82. The number of amides is 1. The third-order valence-corrected chi connectivity index (χ3v) is 3.94. The van der Waals surface area contributed by atoms with Crippen LogP contribution in [0.15, 0.2) is 22.8 Å². The molecule has 1 N–H and O–H groups in total. The number of aryl methyl sites for hydroxylation is 2. The zero-order valence-corrected chi connectivity index (χ0v) is 13.1. The van der Waals surface area contributed by atoms with Gasteiger partial charge in [0.15, 0.2) is 0 Å². The first-order valence-electron chi connectivity index (χ1n) is 5.80. The maximum absolute atomic E-state index is 12.4.